The third-order valence-electron chi connectivity index (χ3n) is 3.50. The Morgan fingerprint density at radius 2 is 1.84 bits per heavy atom. The molecule has 1 amide bonds. The van der Waals surface area contributed by atoms with Gasteiger partial charge in [-0.15, -0.1) is 0 Å². The lowest BCUT2D eigenvalue weighted by Gasteiger charge is -2.11. The van der Waals surface area contributed by atoms with Gasteiger partial charge in [-0.3, -0.25) is 4.79 Å². The molecule has 1 aromatic rings. The smallest absolute Gasteiger partial charge is 0.220 e. The third kappa shape index (κ3) is 5.43. The lowest BCUT2D eigenvalue weighted by atomic mass is 9.99. The molecular formula is C16H26N2O. The van der Waals surface area contributed by atoms with E-state index in [1.165, 1.54) is 22.3 Å². The zero-order valence-corrected chi connectivity index (χ0v) is 12.5. The first-order valence-corrected chi connectivity index (χ1v) is 6.99. The van der Waals surface area contributed by atoms with Gasteiger partial charge in [0.2, 0.25) is 5.91 Å². The highest BCUT2D eigenvalue weighted by atomic mass is 16.1. The summed E-state index contributed by atoms with van der Waals surface area (Å²) in [4.78, 5) is 11.6. The third-order valence-corrected chi connectivity index (χ3v) is 3.50. The number of hydrogen-bond acceptors (Lipinski definition) is 2. The van der Waals surface area contributed by atoms with Crippen molar-refractivity contribution >= 4 is 5.91 Å². The summed E-state index contributed by atoms with van der Waals surface area (Å²) in [5, 5.41) is 2.95. The molecule has 106 valence electrons. The molecule has 3 heteroatoms. The van der Waals surface area contributed by atoms with Crippen LogP contribution in [0.2, 0.25) is 0 Å². The summed E-state index contributed by atoms with van der Waals surface area (Å²) >= 11 is 0. The molecule has 1 unspecified atom stereocenters. The van der Waals surface area contributed by atoms with Crippen molar-refractivity contribution in [1.29, 1.82) is 0 Å². The Balaban J connectivity index is 2.41. The van der Waals surface area contributed by atoms with E-state index in [0.29, 0.717) is 13.0 Å². The first kappa shape index (κ1) is 15.7. The number of carbonyl (C=O) groups excluding carboxylic acids is 1. The van der Waals surface area contributed by atoms with Gasteiger partial charge in [0.15, 0.2) is 0 Å². The van der Waals surface area contributed by atoms with Crippen molar-refractivity contribution in [2.75, 3.05) is 6.54 Å². The fraction of sp³-hybridized carbons (Fsp3) is 0.562. The summed E-state index contributed by atoms with van der Waals surface area (Å²) in [6, 6.07) is 4.52. The van der Waals surface area contributed by atoms with E-state index in [1.807, 2.05) is 6.92 Å². The Kier molecular flexibility index (Phi) is 6.03. The van der Waals surface area contributed by atoms with Crippen LogP contribution in [-0.4, -0.2) is 18.5 Å². The van der Waals surface area contributed by atoms with Gasteiger partial charge in [-0.2, -0.15) is 0 Å². The maximum atomic E-state index is 11.6. The second-order valence-electron chi connectivity index (χ2n) is 5.48. The highest BCUT2D eigenvalue weighted by Crippen LogP contribution is 2.15. The average Bonchev–Trinajstić information content (AvgIpc) is 2.33. The molecule has 0 radical (unpaired) electrons. The van der Waals surface area contributed by atoms with E-state index in [9.17, 15) is 4.79 Å². The number of carbonyl (C=O) groups is 1. The molecule has 0 aromatic heterocycles. The van der Waals surface area contributed by atoms with Gasteiger partial charge < -0.3 is 11.1 Å². The molecule has 1 atom stereocenters. The van der Waals surface area contributed by atoms with Gasteiger partial charge in [0, 0.05) is 19.0 Å². The fourth-order valence-electron chi connectivity index (χ4n) is 2.07. The summed E-state index contributed by atoms with van der Waals surface area (Å²) in [5.74, 6) is 0.0961. The van der Waals surface area contributed by atoms with E-state index in [0.717, 1.165) is 12.8 Å². The highest BCUT2D eigenvalue weighted by Gasteiger charge is 2.05. The number of aryl methyl sites for hydroxylation is 3. The lowest BCUT2D eigenvalue weighted by Crippen LogP contribution is -2.27. The summed E-state index contributed by atoms with van der Waals surface area (Å²) < 4.78 is 0. The van der Waals surface area contributed by atoms with Crippen molar-refractivity contribution in [3.8, 4) is 0 Å². The van der Waals surface area contributed by atoms with Crippen LogP contribution in [0.25, 0.3) is 0 Å². The number of rotatable bonds is 6. The van der Waals surface area contributed by atoms with Crippen molar-refractivity contribution in [3.63, 3.8) is 0 Å². The predicted molar refractivity (Wildman–Crippen MR) is 80.3 cm³/mol. The molecule has 0 bridgehead atoms. The number of hydrogen-bond donors (Lipinski definition) is 2. The minimum absolute atomic E-state index is 0.0905. The molecule has 3 nitrogen and oxygen atoms in total. The Hall–Kier alpha value is -1.35. The van der Waals surface area contributed by atoms with Crippen LogP contribution >= 0.6 is 0 Å². The van der Waals surface area contributed by atoms with Crippen LogP contribution in [0.4, 0.5) is 0 Å². The number of nitrogens with two attached hydrogens (primary N) is 1. The van der Waals surface area contributed by atoms with Gasteiger partial charge in [-0.05, 0) is 62.8 Å². The van der Waals surface area contributed by atoms with Crippen LogP contribution in [0.3, 0.4) is 0 Å². The summed E-state index contributed by atoms with van der Waals surface area (Å²) in [5.41, 5.74) is 10.9. The fourth-order valence-corrected chi connectivity index (χ4v) is 2.07. The van der Waals surface area contributed by atoms with Crippen molar-refractivity contribution in [2.24, 2.45) is 5.73 Å². The normalized spacial score (nSPS) is 12.3. The van der Waals surface area contributed by atoms with Gasteiger partial charge in [-0.25, -0.2) is 0 Å². The Morgan fingerprint density at radius 1 is 1.21 bits per heavy atom. The van der Waals surface area contributed by atoms with Crippen LogP contribution in [0.5, 0.6) is 0 Å². The van der Waals surface area contributed by atoms with Crippen molar-refractivity contribution < 1.29 is 4.79 Å². The van der Waals surface area contributed by atoms with Gasteiger partial charge in [0.25, 0.3) is 0 Å². The molecule has 0 aliphatic heterocycles. The summed E-state index contributed by atoms with van der Waals surface area (Å²) in [6.07, 6.45) is 2.15. The first-order chi connectivity index (χ1) is 8.90. The van der Waals surface area contributed by atoms with Crippen molar-refractivity contribution in [1.82, 2.24) is 5.32 Å². The molecule has 19 heavy (non-hydrogen) atoms. The van der Waals surface area contributed by atoms with Crippen molar-refractivity contribution in [3.05, 3.63) is 34.4 Å². The largest absolute Gasteiger partial charge is 0.356 e. The number of benzene rings is 1. The molecule has 0 heterocycles. The second kappa shape index (κ2) is 7.29. The molecule has 0 spiro atoms. The second-order valence-corrected chi connectivity index (χ2v) is 5.48. The number of amides is 1. The molecule has 0 aliphatic rings. The molecule has 0 fully saturated rings. The van der Waals surface area contributed by atoms with Crippen LogP contribution in [0.1, 0.15) is 42.0 Å². The molecule has 1 aromatic carbocycles. The summed E-state index contributed by atoms with van der Waals surface area (Å²) in [6.45, 7) is 8.99. The standard InChI is InChI=1S/C16H26N2O/c1-11-9-13(3)15(10-12(11)2)7-8-18-16(19)6-5-14(4)17/h9-10,14H,5-8,17H2,1-4H3,(H,18,19). The van der Waals surface area contributed by atoms with E-state index < -0.39 is 0 Å². The molecular weight excluding hydrogens is 236 g/mol. The van der Waals surface area contributed by atoms with Crippen LogP contribution < -0.4 is 11.1 Å². The van der Waals surface area contributed by atoms with E-state index >= 15 is 0 Å². The van der Waals surface area contributed by atoms with Crippen molar-refractivity contribution in [2.45, 2.75) is 53.0 Å². The topological polar surface area (TPSA) is 55.1 Å². The Labute approximate surface area is 116 Å². The van der Waals surface area contributed by atoms with Gasteiger partial charge in [0.1, 0.15) is 0 Å². The van der Waals surface area contributed by atoms with E-state index in [1.54, 1.807) is 0 Å². The van der Waals surface area contributed by atoms with Crippen LogP contribution in [-0.2, 0) is 11.2 Å². The van der Waals surface area contributed by atoms with Gasteiger partial charge in [-0.1, -0.05) is 12.1 Å². The predicted octanol–water partition coefficient (Wildman–Crippen LogP) is 2.40. The molecule has 3 N–H and O–H groups in total. The minimum atomic E-state index is 0.0905. The molecule has 0 aliphatic carbocycles. The van der Waals surface area contributed by atoms with E-state index in [-0.39, 0.29) is 11.9 Å². The molecule has 0 saturated heterocycles. The lowest BCUT2D eigenvalue weighted by molar-refractivity contribution is -0.121. The highest BCUT2D eigenvalue weighted by molar-refractivity contribution is 5.75. The Bertz CT molecular complexity index is 439. The number of nitrogens with one attached hydrogen (secondary N) is 1. The summed E-state index contributed by atoms with van der Waals surface area (Å²) in [7, 11) is 0. The van der Waals surface area contributed by atoms with Gasteiger partial charge >= 0.3 is 0 Å². The zero-order valence-electron chi connectivity index (χ0n) is 12.5. The zero-order chi connectivity index (χ0) is 14.4. The Morgan fingerprint density at radius 3 is 2.47 bits per heavy atom. The first-order valence-electron chi connectivity index (χ1n) is 6.99. The maximum absolute atomic E-state index is 11.6. The monoisotopic (exact) mass is 262 g/mol. The minimum Gasteiger partial charge on any atom is -0.356 e. The quantitative estimate of drug-likeness (QED) is 0.827. The maximum Gasteiger partial charge on any atom is 0.220 e. The molecule has 1 rings (SSSR count). The van der Waals surface area contributed by atoms with Crippen LogP contribution in [0.15, 0.2) is 12.1 Å². The SMILES string of the molecule is Cc1cc(C)c(CCNC(=O)CCC(C)N)cc1C. The van der Waals surface area contributed by atoms with Crippen LogP contribution in [0, 0.1) is 20.8 Å². The van der Waals surface area contributed by atoms with Gasteiger partial charge in [0.05, 0.1) is 0 Å². The van der Waals surface area contributed by atoms with E-state index in [2.05, 4.69) is 38.2 Å². The molecule has 0 saturated carbocycles. The van der Waals surface area contributed by atoms with E-state index in [4.69, 9.17) is 5.73 Å². The average molecular weight is 262 g/mol.